The summed E-state index contributed by atoms with van der Waals surface area (Å²) < 4.78 is 34.4. The fourth-order valence-corrected chi connectivity index (χ4v) is 3.12. The summed E-state index contributed by atoms with van der Waals surface area (Å²) in [5.74, 6) is -1.32. The van der Waals surface area contributed by atoms with E-state index in [9.17, 15) is 18.0 Å². The van der Waals surface area contributed by atoms with E-state index in [1.54, 1.807) is 6.92 Å². The molecule has 0 aliphatic carbocycles. The van der Waals surface area contributed by atoms with Gasteiger partial charge < -0.3 is 4.74 Å². The molecule has 0 spiro atoms. The Morgan fingerprint density at radius 1 is 1.19 bits per heavy atom. The van der Waals surface area contributed by atoms with Crippen molar-refractivity contribution in [2.24, 2.45) is 0 Å². The number of ether oxygens (including phenoxy) is 1. The fraction of sp³-hybridized carbons (Fsp3) is 0.333. The number of esters is 1. The second-order valence-corrected chi connectivity index (χ2v) is 7.39. The number of aryl methyl sites for hydroxylation is 1. The average molecular weight is 394 g/mol. The second-order valence-electron chi connectivity index (χ2n) is 5.84. The summed E-state index contributed by atoms with van der Waals surface area (Å²) >= 11 is 0. The number of carbonyl (C=O) groups excluding carboxylic acids is 2. The number of benzene rings is 2. The first kappa shape index (κ1) is 20.8. The van der Waals surface area contributed by atoms with Crippen LogP contribution in [0.1, 0.15) is 12.5 Å². The topological polar surface area (TPSA) is 102 Å². The van der Waals surface area contributed by atoms with Crippen LogP contribution in [-0.4, -0.2) is 47.1 Å². The third-order valence-electron chi connectivity index (χ3n) is 4.13. The first-order valence-corrected chi connectivity index (χ1v) is 9.58. The highest BCUT2D eigenvalue weighted by Gasteiger charge is 2.31. The van der Waals surface area contributed by atoms with Gasteiger partial charge in [-0.05, 0) is 24.8 Å². The van der Waals surface area contributed by atoms with Crippen LogP contribution in [0.5, 0.6) is 0 Å². The second kappa shape index (κ2) is 8.47. The van der Waals surface area contributed by atoms with E-state index in [4.69, 9.17) is 4.74 Å². The quantitative estimate of drug-likeness (QED) is 0.715. The molecule has 2 aromatic carbocycles. The third kappa shape index (κ3) is 4.62. The van der Waals surface area contributed by atoms with Gasteiger partial charge >= 0.3 is 16.3 Å². The Bertz CT molecular complexity index is 957. The molecule has 9 heteroatoms. The van der Waals surface area contributed by atoms with Crippen molar-refractivity contribution < 1.29 is 26.9 Å². The van der Waals surface area contributed by atoms with Gasteiger partial charge in [0.2, 0.25) is 0 Å². The van der Waals surface area contributed by atoms with E-state index in [-0.39, 0.29) is 0 Å². The minimum absolute atomic E-state index is 0.501. The van der Waals surface area contributed by atoms with Gasteiger partial charge in [-0.25, -0.2) is 8.98 Å². The van der Waals surface area contributed by atoms with Gasteiger partial charge in [0.25, 0.3) is 5.91 Å². The van der Waals surface area contributed by atoms with Gasteiger partial charge in [0.05, 0.1) is 12.8 Å². The van der Waals surface area contributed by atoms with Crippen molar-refractivity contribution in [3.63, 3.8) is 0 Å². The first-order chi connectivity index (χ1) is 12.7. The molecule has 0 aliphatic heterocycles. The van der Waals surface area contributed by atoms with Crippen molar-refractivity contribution in [3.8, 4) is 0 Å². The highest BCUT2D eigenvalue weighted by molar-refractivity contribution is 7.84. The van der Waals surface area contributed by atoms with Crippen LogP contribution in [0.2, 0.25) is 0 Å². The van der Waals surface area contributed by atoms with Crippen LogP contribution in [-0.2, 0) is 28.8 Å². The molecule has 2 rings (SSSR count). The average Bonchev–Trinajstić information content (AvgIpc) is 2.67. The Labute approximate surface area is 158 Å². The lowest BCUT2D eigenvalue weighted by molar-refractivity contribution is -0.143. The molecule has 0 unspecified atom stereocenters. The van der Waals surface area contributed by atoms with E-state index in [2.05, 4.69) is 4.18 Å². The minimum atomic E-state index is -4.05. The molecule has 0 radical (unpaired) electrons. The highest BCUT2D eigenvalue weighted by Crippen LogP contribution is 2.32. The van der Waals surface area contributed by atoms with Crippen molar-refractivity contribution in [2.75, 3.05) is 25.7 Å². The standard InChI is InChI=1S/C18H22N2O6S/c1-12-9-10-14-7-5-6-8-15(14)17(12)20(13(2)18(22)25-4)16(21)11-26-27(23,24)19-3/h5-10,13,19H,11H2,1-4H3/t13-/m0/s1. The number of anilines is 1. The van der Waals surface area contributed by atoms with E-state index in [1.807, 2.05) is 41.1 Å². The van der Waals surface area contributed by atoms with Gasteiger partial charge in [0.15, 0.2) is 0 Å². The number of carbonyl (C=O) groups is 2. The molecule has 1 N–H and O–H groups in total. The maximum absolute atomic E-state index is 12.9. The number of rotatable bonds is 7. The van der Waals surface area contributed by atoms with Crippen molar-refractivity contribution in [1.82, 2.24) is 4.72 Å². The summed E-state index contributed by atoms with van der Waals surface area (Å²) in [5, 5.41) is 1.62. The van der Waals surface area contributed by atoms with Crippen LogP contribution in [0.4, 0.5) is 5.69 Å². The molecular weight excluding hydrogens is 372 g/mol. The Hall–Kier alpha value is -2.49. The monoisotopic (exact) mass is 394 g/mol. The number of hydrogen-bond donors (Lipinski definition) is 1. The van der Waals surface area contributed by atoms with Crippen molar-refractivity contribution in [1.29, 1.82) is 0 Å². The summed E-state index contributed by atoms with van der Waals surface area (Å²) in [4.78, 5) is 26.2. The van der Waals surface area contributed by atoms with Gasteiger partial charge in [-0.3, -0.25) is 9.69 Å². The normalized spacial score (nSPS) is 12.6. The fourth-order valence-electron chi connectivity index (χ4n) is 2.75. The molecule has 1 atom stereocenters. The maximum Gasteiger partial charge on any atom is 0.336 e. The molecule has 0 aromatic heterocycles. The maximum atomic E-state index is 12.9. The SMILES string of the molecule is CNS(=O)(=O)OCC(=O)N(c1c(C)ccc2ccccc12)[C@@H](C)C(=O)OC. The van der Waals surface area contributed by atoms with Crippen molar-refractivity contribution in [2.45, 2.75) is 19.9 Å². The van der Waals surface area contributed by atoms with Gasteiger partial charge in [-0.1, -0.05) is 36.4 Å². The zero-order valence-corrected chi connectivity index (χ0v) is 16.4. The smallest absolute Gasteiger partial charge is 0.336 e. The van der Waals surface area contributed by atoms with E-state index in [0.29, 0.717) is 5.69 Å². The van der Waals surface area contributed by atoms with Crippen LogP contribution < -0.4 is 9.62 Å². The van der Waals surface area contributed by atoms with Gasteiger partial charge in [-0.2, -0.15) is 13.1 Å². The number of nitrogens with zero attached hydrogens (tertiary/aromatic N) is 1. The molecule has 0 aliphatic rings. The van der Waals surface area contributed by atoms with E-state index in [1.165, 1.54) is 26.0 Å². The molecule has 0 saturated heterocycles. The van der Waals surface area contributed by atoms with Crippen LogP contribution in [0.25, 0.3) is 10.8 Å². The minimum Gasteiger partial charge on any atom is -0.467 e. The molecule has 1 amide bonds. The lowest BCUT2D eigenvalue weighted by Gasteiger charge is -2.30. The zero-order chi connectivity index (χ0) is 20.2. The third-order valence-corrected chi connectivity index (χ3v) is 5.06. The Morgan fingerprint density at radius 2 is 1.85 bits per heavy atom. The summed E-state index contributed by atoms with van der Waals surface area (Å²) in [5.41, 5.74) is 1.25. The molecule has 146 valence electrons. The summed E-state index contributed by atoms with van der Waals surface area (Å²) in [6.45, 7) is 2.56. The largest absolute Gasteiger partial charge is 0.467 e. The Balaban J connectivity index is 2.56. The van der Waals surface area contributed by atoms with Crippen LogP contribution >= 0.6 is 0 Å². The van der Waals surface area contributed by atoms with E-state index >= 15 is 0 Å². The van der Waals surface area contributed by atoms with Crippen molar-refractivity contribution in [3.05, 3.63) is 42.0 Å². The number of hydrogen-bond acceptors (Lipinski definition) is 6. The van der Waals surface area contributed by atoms with E-state index < -0.39 is 34.8 Å². The molecule has 2 aromatic rings. The molecule has 0 heterocycles. The number of fused-ring (bicyclic) bond motifs is 1. The summed E-state index contributed by atoms with van der Waals surface area (Å²) in [6.07, 6.45) is 0. The zero-order valence-electron chi connectivity index (χ0n) is 15.6. The number of amides is 1. The van der Waals surface area contributed by atoms with Crippen LogP contribution in [0.15, 0.2) is 36.4 Å². The summed E-state index contributed by atoms with van der Waals surface area (Å²) in [6, 6.07) is 10.1. The molecule has 0 saturated carbocycles. The lowest BCUT2D eigenvalue weighted by atomic mass is 10.0. The van der Waals surface area contributed by atoms with Gasteiger partial charge in [-0.15, -0.1) is 0 Å². The van der Waals surface area contributed by atoms with Crippen molar-refractivity contribution >= 4 is 38.6 Å². The molecule has 0 fully saturated rings. The van der Waals surface area contributed by atoms with E-state index in [0.717, 1.165) is 16.3 Å². The van der Waals surface area contributed by atoms with Crippen LogP contribution in [0.3, 0.4) is 0 Å². The number of nitrogens with one attached hydrogen (secondary N) is 1. The highest BCUT2D eigenvalue weighted by atomic mass is 32.2. The first-order valence-electron chi connectivity index (χ1n) is 8.18. The van der Waals surface area contributed by atoms with Crippen LogP contribution in [0, 0.1) is 6.92 Å². The molecule has 0 bridgehead atoms. The molecule has 8 nitrogen and oxygen atoms in total. The van der Waals surface area contributed by atoms with Gasteiger partial charge in [0, 0.05) is 12.4 Å². The lowest BCUT2D eigenvalue weighted by Crippen LogP contribution is -2.46. The number of methoxy groups -OCH3 is 1. The van der Waals surface area contributed by atoms with Gasteiger partial charge in [0.1, 0.15) is 12.6 Å². The molecule has 27 heavy (non-hydrogen) atoms. The predicted molar refractivity (Wildman–Crippen MR) is 102 cm³/mol. The Kier molecular flexibility index (Phi) is 6.53. The Morgan fingerprint density at radius 3 is 2.48 bits per heavy atom. The molecular formula is C18H22N2O6S. The summed E-state index contributed by atoms with van der Waals surface area (Å²) in [7, 11) is -1.66. The predicted octanol–water partition coefficient (Wildman–Crippen LogP) is 1.52.